The molecule has 0 saturated heterocycles. The summed E-state index contributed by atoms with van der Waals surface area (Å²) in [6.45, 7) is 0.0819. The molecule has 0 bridgehead atoms. The van der Waals surface area contributed by atoms with Crippen molar-refractivity contribution in [2.24, 2.45) is 11.8 Å². The molecule has 1 amide bonds. The summed E-state index contributed by atoms with van der Waals surface area (Å²) >= 11 is 5.95. The number of nitrogens with zero attached hydrogens (tertiary/aromatic N) is 1. The Bertz CT molecular complexity index is 544. The lowest BCUT2D eigenvalue weighted by molar-refractivity contribution is -0.141. The molecule has 4 nitrogen and oxygen atoms in total. The van der Waals surface area contributed by atoms with Crippen molar-refractivity contribution in [3.05, 3.63) is 34.6 Å². The van der Waals surface area contributed by atoms with Gasteiger partial charge in [0.2, 0.25) is 5.91 Å². The summed E-state index contributed by atoms with van der Waals surface area (Å²) in [6, 6.07) is 4.39. The van der Waals surface area contributed by atoms with Gasteiger partial charge in [0.1, 0.15) is 5.82 Å². The van der Waals surface area contributed by atoms with E-state index >= 15 is 0 Å². The zero-order valence-electron chi connectivity index (χ0n) is 11.7. The molecule has 0 unspecified atom stereocenters. The number of aliphatic carboxylic acids is 1. The molecule has 0 radical (unpaired) electrons. The SMILES string of the molecule is CN(Cc1c(F)cccc1Cl)C(=O)[C@@H]1CC[C@H](C(=O)O)C1. The van der Waals surface area contributed by atoms with Gasteiger partial charge < -0.3 is 10.0 Å². The first-order valence-electron chi connectivity index (χ1n) is 6.80. The van der Waals surface area contributed by atoms with Gasteiger partial charge in [-0.3, -0.25) is 9.59 Å². The van der Waals surface area contributed by atoms with Gasteiger partial charge in [-0.2, -0.15) is 0 Å². The maximum absolute atomic E-state index is 13.7. The molecule has 1 aliphatic rings. The fourth-order valence-corrected chi connectivity index (χ4v) is 2.96. The maximum atomic E-state index is 13.7. The number of hydrogen-bond donors (Lipinski definition) is 1. The highest BCUT2D eigenvalue weighted by Gasteiger charge is 2.35. The van der Waals surface area contributed by atoms with Crippen molar-refractivity contribution in [1.82, 2.24) is 4.90 Å². The molecule has 1 saturated carbocycles. The van der Waals surface area contributed by atoms with Crippen LogP contribution in [0, 0.1) is 17.7 Å². The fourth-order valence-electron chi connectivity index (χ4n) is 2.74. The van der Waals surface area contributed by atoms with Gasteiger partial charge >= 0.3 is 5.97 Å². The molecule has 6 heteroatoms. The monoisotopic (exact) mass is 313 g/mol. The number of benzene rings is 1. The van der Waals surface area contributed by atoms with Crippen LogP contribution >= 0.6 is 11.6 Å². The summed E-state index contributed by atoms with van der Waals surface area (Å²) in [7, 11) is 1.58. The van der Waals surface area contributed by atoms with Crippen LogP contribution in [0.2, 0.25) is 5.02 Å². The van der Waals surface area contributed by atoms with Gasteiger partial charge in [-0.25, -0.2) is 4.39 Å². The molecular weight excluding hydrogens is 297 g/mol. The summed E-state index contributed by atoms with van der Waals surface area (Å²) in [5.41, 5.74) is 0.280. The molecule has 0 aliphatic heterocycles. The summed E-state index contributed by atoms with van der Waals surface area (Å²) in [4.78, 5) is 24.7. The van der Waals surface area contributed by atoms with E-state index in [1.54, 1.807) is 13.1 Å². The van der Waals surface area contributed by atoms with Crippen molar-refractivity contribution in [2.45, 2.75) is 25.8 Å². The third-order valence-electron chi connectivity index (χ3n) is 3.96. The van der Waals surface area contributed by atoms with Crippen LogP contribution in [0.3, 0.4) is 0 Å². The molecular formula is C15H17ClFNO3. The van der Waals surface area contributed by atoms with Gasteiger partial charge in [-0.15, -0.1) is 0 Å². The zero-order valence-corrected chi connectivity index (χ0v) is 12.4. The highest BCUT2D eigenvalue weighted by molar-refractivity contribution is 6.31. The first kappa shape index (κ1) is 15.8. The van der Waals surface area contributed by atoms with E-state index in [1.807, 2.05) is 0 Å². The van der Waals surface area contributed by atoms with Gasteiger partial charge in [0.25, 0.3) is 0 Å². The number of amides is 1. The average molecular weight is 314 g/mol. The molecule has 21 heavy (non-hydrogen) atoms. The van der Waals surface area contributed by atoms with Crippen molar-refractivity contribution in [1.29, 1.82) is 0 Å². The van der Waals surface area contributed by atoms with Crippen LogP contribution < -0.4 is 0 Å². The number of carbonyl (C=O) groups excluding carboxylic acids is 1. The van der Waals surface area contributed by atoms with Gasteiger partial charge in [-0.1, -0.05) is 17.7 Å². The Morgan fingerprint density at radius 1 is 1.38 bits per heavy atom. The Morgan fingerprint density at radius 3 is 2.62 bits per heavy atom. The summed E-state index contributed by atoms with van der Waals surface area (Å²) in [5.74, 6) is -2.22. The first-order valence-corrected chi connectivity index (χ1v) is 7.18. The predicted molar refractivity (Wildman–Crippen MR) is 76.4 cm³/mol. The number of carbonyl (C=O) groups is 2. The lowest BCUT2D eigenvalue weighted by Crippen LogP contribution is -2.32. The summed E-state index contributed by atoms with van der Waals surface area (Å²) in [6.07, 6.45) is 1.43. The predicted octanol–water partition coefficient (Wildman–Crippen LogP) is 2.94. The van der Waals surface area contributed by atoms with E-state index in [1.165, 1.54) is 17.0 Å². The minimum absolute atomic E-state index is 0.0819. The molecule has 1 aromatic carbocycles. The second-order valence-electron chi connectivity index (χ2n) is 5.44. The van der Waals surface area contributed by atoms with Crippen molar-refractivity contribution >= 4 is 23.5 Å². The Balaban J connectivity index is 2.02. The molecule has 0 aromatic heterocycles. The van der Waals surface area contributed by atoms with Crippen molar-refractivity contribution < 1.29 is 19.1 Å². The minimum atomic E-state index is -0.856. The van der Waals surface area contributed by atoms with Crippen LogP contribution in [-0.4, -0.2) is 28.9 Å². The van der Waals surface area contributed by atoms with E-state index in [9.17, 15) is 14.0 Å². The molecule has 2 atom stereocenters. The van der Waals surface area contributed by atoms with Crippen LogP contribution in [-0.2, 0) is 16.1 Å². The summed E-state index contributed by atoms with van der Waals surface area (Å²) in [5, 5.41) is 9.25. The average Bonchev–Trinajstić information content (AvgIpc) is 2.92. The Kier molecular flexibility index (Phi) is 4.83. The normalized spacial score (nSPS) is 21.3. The van der Waals surface area contributed by atoms with Crippen LogP contribution in [0.1, 0.15) is 24.8 Å². The van der Waals surface area contributed by atoms with Crippen LogP contribution in [0.15, 0.2) is 18.2 Å². The molecule has 2 rings (SSSR count). The molecule has 1 N–H and O–H groups in total. The summed E-state index contributed by atoms with van der Waals surface area (Å²) < 4.78 is 13.7. The van der Waals surface area contributed by atoms with Gasteiger partial charge in [0.15, 0.2) is 0 Å². The van der Waals surface area contributed by atoms with Gasteiger partial charge in [0, 0.05) is 30.1 Å². The smallest absolute Gasteiger partial charge is 0.306 e. The van der Waals surface area contributed by atoms with Crippen molar-refractivity contribution in [3.8, 4) is 0 Å². The largest absolute Gasteiger partial charge is 0.481 e. The van der Waals surface area contributed by atoms with E-state index in [2.05, 4.69) is 0 Å². The van der Waals surface area contributed by atoms with E-state index in [4.69, 9.17) is 16.7 Å². The molecule has 1 fully saturated rings. The minimum Gasteiger partial charge on any atom is -0.481 e. The molecule has 0 spiro atoms. The number of rotatable bonds is 4. The standard InChI is InChI=1S/C15H17ClFNO3/c1-18(8-11-12(16)3-2-4-13(11)17)14(19)9-5-6-10(7-9)15(20)21/h2-4,9-10H,5-8H2,1H3,(H,20,21)/t9-,10+/m1/s1. The highest BCUT2D eigenvalue weighted by Crippen LogP contribution is 2.32. The van der Waals surface area contributed by atoms with Gasteiger partial charge in [-0.05, 0) is 31.4 Å². The van der Waals surface area contributed by atoms with Crippen molar-refractivity contribution in [3.63, 3.8) is 0 Å². The number of hydrogen-bond acceptors (Lipinski definition) is 2. The molecule has 1 aromatic rings. The van der Waals surface area contributed by atoms with E-state index in [-0.39, 0.29) is 29.0 Å². The Hall–Kier alpha value is -1.62. The zero-order chi connectivity index (χ0) is 15.6. The molecule has 1 aliphatic carbocycles. The van der Waals surface area contributed by atoms with Crippen LogP contribution in [0.25, 0.3) is 0 Å². The molecule has 114 valence electrons. The van der Waals surface area contributed by atoms with E-state index in [0.717, 1.165) is 0 Å². The highest BCUT2D eigenvalue weighted by atomic mass is 35.5. The van der Waals surface area contributed by atoms with E-state index < -0.39 is 17.7 Å². The quantitative estimate of drug-likeness (QED) is 0.929. The number of carboxylic acid groups (broad SMARTS) is 1. The maximum Gasteiger partial charge on any atom is 0.306 e. The third-order valence-corrected chi connectivity index (χ3v) is 4.32. The second kappa shape index (κ2) is 6.43. The lowest BCUT2D eigenvalue weighted by Gasteiger charge is -2.22. The van der Waals surface area contributed by atoms with Crippen LogP contribution in [0.5, 0.6) is 0 Å². The van der Waals surface area contributed by atoms with Gasteiger partial charge in [0.05, 0.1) is 5.92 Å². The number of carboxylic acids is 1. The van der Waals surface area contributed by atoms with Crippen molar-refractivity contribution in [2.75, 3.05) is 7.05 Å². The Morgan fingerprint density at radius 2 is 2.05 bits per heavy atom. The van der Waals surface area contributed by atoms with Crippen LogP contribution in [0.4, 0.5) is 4.39 Å². The topological polar surface area (TPSA) is 57.6 Å². The fraction of sp³-hybridized carbons (Fsp3) is 0.467. The second-order valence-corrected chi connectivity index (χ2v) is 5.85. The lowest BCUT2D eigenvalue weighted by atomic mass is 10.0. The third kappa shape index (κ3) is 3.53. The molecule has 0 heterocycles. The number of halogens is 2. The first-order chi connectivity index (χ1) is 9.90. The Labute approximate surface area is 127 Å². The van der Waals surface area contributed by atoms with E-state index in [0.29, 0.717) is 19.3 Å².